The van der Waals surface area contributed by atoms with E-state index in [-0.39, 0.29) is 0 Å². The van der Waals surface area contributed by atoms with Gasteiger partial charge in [0.15, 0.2) is 0 Å². The van der Waals surface area contributed by atoms with Gasteiger partial charge in [0, 0.05) is 63.4 Å². The second-order valence-electron chi connectivity index (χ2n) is 6.85. The Balaban J connectivity index is 1.30. The SMILES string of the molecule is Cc1noc(C)c1CN1CCN(Cc2ccc(-n3ccnc3)nc2)CC1. The molecule has 1 fully saturated rings. The van der Waals surface area contributed by atoms with Gasteiger partial charge in [-0.2, -0.15) is 0 Å². The summed E-state index contributed by atoms with van der Waals surface area (Å²) in [5.74, 6) is 1.84. The smallest absolute Gasteiger partial charge is 0.138 e. The van der Waals surface area contributed by atoms with Crippen LogP contribution in [0.25, 0.3) is 5.82 Å². The van der Waals surface area contributed by atoms with Gasteiger partial charge in [0.05, 0.1) is 5.69 Å². The zero-order valence-corrected chi connectivity index (χ0v) is 15.3. The number of rotatable bonds is 5. The van der Waals surface area contributed by atoms with Crippen molar-refractivity contribution in [2.75, 3.05) is 26.2 Å². The monoisotopic (exact) mass is 352 g/mol. The molecule has 1 aliphatic heterocycles. The van der Waals surface area contributed by atoms with E-state index in [0.717, 1.165) is 56.5 Å². The Morgan fingerprint density at radius 1 is 1.04 bits per heavy atom. The average molecular weight is 352 g/mol. The number of piperazine rings is 1. The molecule has 0 N–H and O–H groups in total. The summed E-state index contributed by atoms with van der Waals surface area (Å²) in [7, 11) is 0. The highest BCUT2D eigenvalue weighted by Gasteiger charge is 2.20. The van der Waals surface area contributed by atoms with Crippen molar-refractivity contribution in [2.45, 2.75) is 26.9 Å². The third-order valence-corrected chi connectivity index (χ3v) is 5.01. The molecule has 0 aliphatic carbocycles. The minimum Gasteiger partial charge on any atom is -0.361 e. The summed E-state index contributed by atoms with van der Waals surface area (Å²) in [5.41, 5.74) is 3.49. The molecule has 0 aromatic carbocycles. The largest absolute Gasteiger partial charge is 0.361 e. The fourth-order valence-corrected chi connectivity index (χ4v) is 3.37. The minimum atomic E-state index is 0.899. The van der Waals surface area contributed by atoms with Crippen LogP contribution in [0, 0.1) is 13.8 Å². The summed E-state index contributed by atoms with van der Waals surface area (Å²) >= 11 is 0. The van der Waals surface area contributed by atoms with Crippen molar-refractivity contribution in [1.29, 1.82) is 0 Å². The summed E-state index contributed by atoms with van der Waals surface area (Å²) in [6.07, 6.45) is 7.39. The van der Waals surface area contributed by atoms with Crippen molar-refractivity contribution in [1.82, 2.24) is 29.5 Å². The molecule has 0 spiro atoms. The molecule has 1 aliphatic rings. The number of hydrogen-bond donors (Lipinski definition) is 0. The van der Waals surface area contributed by atoms with Gasteiger partial charge < -0.3 is 4.52 Å². The summed E-state index contributed by atoms with van der Waals surface area (Å²) in [6.45, 7) is 10.1. The van der Waals surface area contributed by atoms with Crippen molar-refractivity contribution < 1.29 is 4.52 Å². The van der Waals surface area contributed by atoms with Gasteiger partial charge in [-0.05, 0) is 25.5 Å². The highest BCUT2D eigenvalue weighted by Crippen LogP contribution is 2.17. The Morgan fingerprint density at radius 3 is 2.38 bits per heavy atom. The highest BCUT2D eigenvalue weighted by atomic mass is 16.5. The molecule has 0 atom stereocenters. The molecular weight excluding hydrogens is 328 g/mol. The maximum Gasteiger partial charge on any atom is 0.138 e. The van der Waals surface area contributed by atoms with Crippen molar-refractivity contribution in [3.63, 3.8) is 0 Å². The van der Waals surface area contributed by atoms with Gasteiger partial charge in [0.25, 0.3) is 0 Å². The van der Waals surface area contributed by atoms with E-state index in [4.69, 9.17) is 4.52 Å². The number of aryl methyl sites for hydroxylation is 2. The van der Waals surface area contributed by atoms with E-state index in [1.165, 1.54) is 11.1 Å². The Hall–Kier alpha value is -2.51. The Morgan fingerprint density at radius 2 is 1.81 bits per heavy atom. The van der Waals surface area contributed by atoms with E-state index in [9.17, 15) is 0 Å². The molecule has 1 saturated heterocycles. The van der Waals surface area contributed by atoms with E-state index in [1.807, 2.05) is 36.9 Å². The maximum absolute atomic E-state index is 5.27. The molecule has 0 amide bonds. The number of hydrogen-bond acceptors (Lipinski definition) is 6. The van der Waals surface area contributed by atoms with Crippen molar-refractivity contribution >= 4 is 0 Å². The van der Waals surface area contributed by atoms with Crippen molar-refractivity contribution in [3.8, 4) is 5.82 Å². The van der Waals surface area contributed by atoms with E-state index >= 15 is 0 Å². The van der Waals surface area contributed by atoms with Gasteiger partial charge in [0.2, 0.25) is 0 Å². The van der Waals surface area contributed by atoms with E-state index < -0.39 is 0 Å². The quantitative estimate of drug-likeness (QED) is 0.701. The van der Waals surface area contributed by atoms with Gasteiger partial charge in [-0.3, -0.25) is 14.4 Å². The minimum absolute atomic E-state index is 0.899. The van der Waals surface area contributed by atoms with Crippen molar-refractivity contribution in [3.05, 3.63) is 59.6 Å². The van der Waals surface area contributed by atoms with Crippen LogP contribution in [0.3, 0.4) is 0 Å². The summed E-state index contributed by atoms with van der Waals surface area (Å²) in [5, 5.41) is 4.05. The lowest BCUT2D eigenvalue weighted by molar-refractivity contribution is 0.121. The van der Waals surface area contributed by atoms with Crippen LogP contribution >= 0.6 is 0 Å². The van der Waals surface area contributed by atoms with Crippen LogP contribution in [-0.2, 0) is 13.1 Å². The lowest BCUT2D eigenvalue weighted by Gasteiger charge is -2.34. The molecule has 0 radical (unpaired) electrons. The molecule has 4 rings (SSSR count). The third kappa shape index (κ3) is 3.68. The predicted molar refractivity (Wildman–Crippen MR) is 97.9 cm³/mol. The van der Waals surface area contributed by atoms with Gasteiger partial charge in [0.1, 0.15) is 17.9 Å². The van der Waals surface area contributed by atoms with Crippen LogP contribution < -0.4 is 0 Å². The topological polar surface area (TPSA) is 63.2 Å². The second kappa shape index (κ2) is 7.39. The number of nitrogens with zero attached hydrogens (tertiary/aromatic N) is 6. The standard InChI is InChI=1S/C19H24N6O/c1-15-18(16(2)26-22-15)13-24-9-7-23(8-10-24)12-17-3-4-19(21-11-17)25-6-5-20-14-25/h3-6,11,14H,7-10,12-13H2,1-2H3. The Kier molecular flexibility index (Phi) is 4.81. The van der Waals surface area contributed by atoms with Crippen LogP contribution in [0.2, 0.25) is 0 Å². The predicted octanol–water partition coefficient (Wildman–Crippen LogP) is 2.19. The van der Waals surface area contributed by atoms with Gasteiger partial charge in [-0.15, -0.1) is 0 Å². The van der Waals surface area contributed by atoms with Crippen LogP contribution in [0.1, 0.15) is 22.6 Å². The molecule has 26 heavy (non-hydrogen) atoms. The first kappa shape index (κ1) is 16.9. The molecule has 7 nitrogen and oxygen atoms in total. The highest BCUT2D eigenvalue weighted by molar-refractivity contribution is 5.25. The molecule has 3 aromatic heterocycles. The van der Waals surface area contributed by atoms with Crippen LogP contribution in [0.5, 0.6) is 0 Å². The summed E-state index contributed by atoms with van der Waals surface area (Å²) in [6, 6.07) is 4.20. The molecule has 4 heterocycles. The molecule has 0 saturated carbocycles. The van der Waals surface area contributed by atoms with E-state index in [1.54, 1.807) is 12.5 Å². The fraction of sp³-hybridized carbons (Fsp3) is 0.421. The van der Waals surface area contributed by atoms with Gasteiger partial charge in [-0.25, -0.2) is 9.97 Å². The van der Waals surface area contributed by atoms with E-state index in [0.29, 0.717) is 0 Å². The maximum atomic E-state index is 5.27. The average Bonchev–Trinajstić information content (AvgIpc) is 3.30. The molecule has 0 unspecified atom stereocenters. The van der Waals surface area contributed by atoms with Crippen LogP contribution in [-0.4, -0.2) is 55.7 Å². The second-order valence-corrected chi connectivity index (χ2v) is 6.85. The molecule has 0 bridgehead atoms. The number of imidazole rings is 1. The zero-order chi connectivity index (χ0) is 17.9. The first-order valence-corrected chi connectivity index (χ1v) is 8.99. The van der Waals surface area contributed by atoms with Crippen molar-refractivity contribution in [2.24, 2.45) is 0 Å². The lowest BCUT2D eigenvalue weighted by Crippen LogP contribution is -2.45. The Labute approximate surface area is 153 Å². The lowest BCUT2D eigenvalue weighted by atomic mass is 10.1. The summed E-state index contributed by atoms with van der Waals surface area (Å²) < 4.78 is 7.19. The van der Waals surface area contributed by atoms with Gasteiger partial charge >= 0.3 is 0 Å². The third-order valence-electron chi connectivity index (χ3n) is 5.01. The molecule has 7 heteroatoms. The fourth-order valence-electron chi connectivity index (χ4n) is 3.37. The summed E-state index contributed by atoms with van der Waals surface area (Å²) in [4.78, 5) is 13.6. The molecular formula is C19H24N6O. The van der Waals surface area contributed by atoms with Crippen LogP contribution in [0.4, 0.5) is 0 Å². The first-order chi connectivity index (χ1) is 12.7. The van der Waals surface area contributed by atoms with Gasteiger partial charge in [-0.1, -0.05) is 11.2 Å². The Bertz CT molecular complexity index is 812. The molecule has 3 aromatic rings. The normalized spacial score (nSPS) is 16.2. The molecule has 136 valence electrons. The number of aromatic nitrogens is 4. The first-order valence-electron chi connectivity index (χ1n) is 8.99. The number of pyridine rings is 1. The van der Waals surface area contributed by atoms with Crippen LogP contribution in [0.15, 0.2) is 41.6 Å². The zero-order valence-electron chi connectivity index (χ0n) is 15.3. The van der Waals surface area contributed by atoms with E-state index in [2.05, 4.69) is 31.0 Å².